The van der Waals surface area contributed by atoms with Crippen LogP contribution in [0, 0.1) is 0 Å². The summed E-state index contributed by atoms with van der Waals surface area (Å²) in [6.45, 7) is 1.93. The minimum Gasteiger partial charge on any atom is -0.490 e. The molecule has 2 heterocycles. The van der Waals surface area contributed by atoms with E-state index >= 15 is 0 Å². The summed E-state index contributed by atoms with van der Waals surface area (Å²) in [6, 6.07) is 17.1. The fraction of sp³-hybridized carbons (Fsp3) is 0.280. The van der Waals surface area contributed by atoms with Crippen molar-refractivity contribution in [3.63, 3.8) is 0 Å². The van der Waals surface area contributed by atoms with Crippen molar-refractivity contribution in [2.45, 2.75) is 32.2 Å². The van der Waals surface area contributed by atoms with Gasteiger partial charge in [-0.1, -0.05) is 47.8 Å². The van der Waals surface area contributed by atoms with E-state index in [0.717, 1.165) is 49.2 Å². The summed E-state index contributed by atoms with van der Waals surface area (Å²) < 4.78 is 12.2. The maximum absolute atomic E-state index is 6.21. The molecular formula is C25H25Cl2N3O2. The Kier molecular flexibility index (Phi) is 7.86. The third-order valence-corrected chi connectivity index (χ3v) is 5.85. The van der Waals surface area contributed by atoms with E-state index in [2.05, 4.69) is 10.3 Å². The molecule has 0 bridgehead atoms. The van der Waals surface area contributed by atoms with Crippen molar-refractivity contribution in [3.8, 4) is 17.4 Å². The molecule has 166 valence electrons. The van der Waals surface area contributed by atoms with E-state index in [9.17, 15) is 0 Å². The molecule has 7 heteroatoms. The van der Waals surface area contributed by atoms with E-state index in [1.54, 1.807) is 12.3 Å². The molecule has 3 aromatic rings. The average Bonchev–Trinajstić information content (AvgIpc) is 2.81. The maximum Gasteiger partial charge on any atom is 0.230 e. The van der Waals surface area contributed by atoms with Crippen molar-refractivity contribution in [1.29, 1.82) is 0 Å². The molecule has 0 saturated heterocycles. The van der Waals surface area contributed by atoms with Gasteiger partial charge >= 0.3 is 0 Å². The largest absolute Gasteiger partial charge is 0.490 e. The molecule has 1 aromatic heterocycles. The minimum atomic E-state index is 0.473. The molecule has 0 atom stereocenters. The first-order chi connectivity index (χ1) is 15.7. The lowest BCUT2D eigenvalue weighted by molar-refractivity contribution is 0.290. The summed E-state index contributed by atoms with van der Waals surface area (Å²) in [4.78, 5) is 9.34. The van der Waals surface area contributed by atoms with E-state index in [-0.39, 0.29) is 0 Å². The van der Waals surface area contributed by atoms with Gasteiger partial charge in [0.05, 0.1) is 22.2 Å². The second-order valence-corrected chi connectivity index (χ2v) is 8.31. The number of amidine groups is 1. The van der Waals surface area contributed by atoms with Crippen LogP contribution in [0.1, 0.15) is 36.8 Å². The molecule has 0 saturated carbocycles. The number of halogens is 2. The maximum atomic E-state index is 6.21. The van der Waals surface area contributed by atoms with Gasteiger partial charge in [-0.15, -0.1) is 0 Å². The second-order valence-electron chi connectivity index (χ2n) is 7.50. The van der Waals surface area contributed by atoms with Crippen LogP contribution in [0.25, 0.3) is 0 Å². The van der Waals surface area contributed by atoms with Crippen LogP contribution in [0.4, 0.5) is 0 Å². The van der Waals surface area contributed by atoms with E-state index in [1.165, 1.54) is 0 Å². The quantitative estimate of drug-likeness (QED) is 0.455. The van der Waals surface area contributed by atoms with Crippen LogP contribution in [0.15, 0.2) is 65.8 Å². The van der Waals surface area contributed by atoms with Gasteiger partial charge in [0.1, 0.15) is 5.84 Å². The van der Waals surface area contributed by atoms with Crippen LogP contribution >= 0.6 is 23.2 Å². The highest BCUT2D eigenvalue weighted by Crippen LogP contribution is 2.32. The van der Waals surface area contributed by atoms with Gasteiger partial charge in [0.2, 0.25) is 5.88 Å². The molecule has 32 heavy (non-hydrogen) atoms. The molecule has 2 aromatic carbocycles. The predicted octanol–water partition coefficient (Wildman–Crippen LogP) is 6.67. The first kappa shape index (κ1) is 22.4. The third-order valence-electron chi connectivity index (χ3n) is 5.11. The van der Waals surface area contributed by atoms with E-state index in [1.807, 2.05) is 48.5 Å². The molecule has 0 fully saturated rings. The molecule has 1 aliphatic heterocycles. The molecule has 0 unspecified atom stereocenters. The zero-order valence-corrected chi connectivity index (χ0v) is 19.2. The van der Waals surface area contributed by atoms with Crippen LogP contribution in [0.5, 0.6) is 17.4 Å². The third kappa shape index (κ3) is 5.93. The Balaban J connectivity index is 1.64. The van der Waals surface area contributed by atoms with Gasteiger partial charge in [-0.25, -0.2) is 4.98 Å². The number of nitrogens with zero attached hydrogens (tertiary/aromatic N) is 2. The molecule has 1 aliphatic rings. The highest BCUT2D eigenvalue weighted by Gasteiger charge is 2.15. The summed E-state index contributed by atoms with van der Waals surface area (Å²) in [7, 11) is 0. The number of para-hydroxylation sites is 2. The number of ether oxygens (including phenoxy) is 2. The van der Waals surface area contributed by atoms with Gasteiger partial charge in [-0.3, -0.25) is 4.99 Å². The van der Waals surface area contributed by atoms with E-state index in [4.69, 9.17) is 37.7 Å². The Morgan fingerprint density at radius 2 is 1.72 bits per heavy atom. The zero-order chi connectivity index (χ0) is 22.2. The molecule has 0 aliphatic carbocycles. The molecule has 0 amide bonds. The summed E-state index contributed by atoms with van der Waals surface area (Å²) in [5.41, 5.74) is 1.80. The number of aromatic nitrogens is 1. The number of benzene rings is 2. The Labute approximate surface area is 198 Å². The monoisotopic (exact) mass is 469 g/mol. The van der Waals surface area contributed by atoms with Gasteiger partial charge in [0.15, 0.2) is 11.5 Å². The van der Waals surface area contributed by atoms with Crippen LogP contribution in [0.2, 0.25) is 10.0 Å². The number of pyridine rings is 1. The molecule has 0 spiro atoms. The molecule has 5 nitrogen and oxygen atoms in total. The van der Waals surface area contributed by atoms with Crippen molar-refractivity contribution >= 4 is 29.0 Å². The fourth-order valence-corrected chi connectivity index (χ4v) is 3.74. The summed E-state index contributed by atoms with van der Waals surface area (Å²) in [6.07, 6.45) is 5.91. The van der Waals surface area contributed by atoms with E-state index in [0.29, 0.717) is 40.6 Å². The van der Waals surface area contributed by atoms with Gasteiger partial charge < -0.3 is 14.8 Å². The van der Waals surface area contributed by atoms with Gasteiger partial charge in [-0.05, 0) is 61.2 Å². The summed E-state index contributed by atoms with van der Waals surface area (Å²) >= 11 is 12.2. The number of nitrogens with one attached hydrogen (secondary N) is 1. The highest BCUT2D eigenvalue weighted by atomic mass is 35.5. The van der Waals surface area contributed by atoms with Crippen molar-refractivity contribution in [2.24, 2.45) is 4.99 Å². The number of rotatable bonds is 2. The lowest BCUT2D eigenvalue weighted by Gasteiger charge is -2.17. The number of fused-ring (bicyclic) bond motifs is 2. The van der Waals surface area contributed by atoms with Crippen molar-refractivity contribution in [1.82, 2.24) is 10.3 Å². The molecule has 0 radical (unpaired) electrons. The second kappa shape index (κ2) is 11.2. The SMILES string of the molecule is Clc1ccc(CNC2=NCCCCCCOc3ccccc3Oc3ncccc32)cc1Cl. The van der Waals surface area contributed by atoms with Gasteiger partial charge in [-0.2, -0.15) is 0 Å². The zero-order valence-electron chi connectivity index (χ0n) is 17.7. The van der Waals surface area contributed by atoms with Crippen molar-refractivity contribution in [3.05, 3.63) is 82.0 Å². The standard InChI is InChI=1S/C25H25Cl2N3O2/c26-20-12-11-18(16-21(20)27)17-30-24-19-8-7-14-29-25(19)32-23-10-4-3-9-22(23)31-15-6-2-1-5-13-28-24/h3-4,7-12,14,16H,1-2,5-6,13,15,17H2,(H,28,30). The van der Waals surface area contributed by atoms with Crippen molar-refractivity contribution in [2.75, 3.05) is 13.2 Å². The first-order valence-electron chi connectivity index (χ1n) is 10.8. The summed E-state index contributed by atoms with van der Waals surface area (Å²) in [5.74, 6) is 2.55. The fourth-order valence-electron chi connectivity index (χ4n) is 3.42. The molecule has 4 rings (SSSR count). The average molecular weight is 470 g/mol. The molecular weight excluding hydrogens is 445 g/mol. The molecule has 1 N–H and O–H groups in total. The smallest absolute Gasteiger partial charge is 0.230 e. The van der Waals surface area contributed by atoms with E-state index < -0.39 is 0 Å². The van der Waals surface area contributed by atoms with Crippen LogP contribution in [0.3, 0.4) is 0 Å². The van der Waals surface area contributed by atoms with Crippen LogP contribution in [-0.4, -0.2) is 24.0 Å². The van der Waals surface area contributed by atoms with Gasteiger partial charge in [0, 0.05) is 19.3 Å². The normalized spacial score (nSPS) is 14.6. The number of hydrogen-bond donors (Lipinski definition) is 1. The van der Waals surface area contributed by atoms with Crippen molar-refractivity contribution < 1.29 is 9.47 Å². The van der Waals surface area contributed by atoms with Gasteiger partial charge in [0.25, 0.3) is 0 Å². The number of hydrogen-bond acceptors (Lipinski definition) is 5. The Morgan fingerprint density at radius 1 is 0.875 bits per heavy atom. The Bertz CT molecular complexity index is 1090. The first-order valence-corrected chi connectivity index (χ1v) is 11.5. The summed E-state index contributed by atoms with van der Waals surface area (Å²) in [5, 5.41) is 4.51. The minimum absolute atomic E-state index is 0.473. The Morgan fingerprint density at radius 3 is 2.59 bits per heavy atom. The lowest BCUT2D eigenvalue weighted by Crippen LogP contribution is -2.25. The lowest BCUT2D eigenvalue weighted by atomic mass is 10.2. The highest BCUT2D eigenvalue weighted by molar-refractivity contribution is 6.42. The topological polar surface area (TPSA) is 55.7 Å². The number of aliphatic imine (C=N–C) groups is 1. The van der Waals surface area contributed by atoms with Crippen LogP contribution < -0.4 is 14.8 Å². The Hall–Kier alpha value is -2.76. The predicted molar refractivity (Wildman–Crippen MR) is 129 cm³/mol. The van der Waals surface area contributed by atoms with Crippen LogP contribution in [-0.2, 0) is 6.54 Å².